The van der Waals surface area contributed by atoms with E-state index in [9.17, 15) is 31.9 Å². The van der Waals surface area contributed by atoms with Crippen LogP contribution < -0.4 is 19.9 Å². The minimum Gasteiger partial charge on any atom is -0.497 e. The monoisotopic (exact) mass is 672 g/mol. The Kier molecular flexibility index (Phi) is 8.99. The lowest BCUT2D eigenvalue weighted by Crippen LogP contribution is -2.34. The van der Waals surface area contributed by atoms with Crippen LogP contribution in [0.25, 0.3) is 16.6 Å². The first-order valence-corrected chi connectivity index (χ1v) is 15.8. The smallest absolute Gasteiger partial charge is 0.405 e. The van der Waals surface area contributed by atoms with Crippen LogP contribution in [0.5, 0.6) is 5.75 Å². The average molecular weight is 673 g/mol. The molecule has 2 N–H and O–H groups in total. The molecule has 0 aliphatic heterocycles. The van der Waals surface area contributed by atoms with E-state index in [2.05, 4.69) is 15.4 Å². The van der Waals surface area contributed by atoms with Crippen molar-refractivity contribution in [2.24, 2.45) is 7.05 Å². The topological polar surface area (TPSA) is 149 Å². The van der Waals surface area contributed by atoms with Crippen molar-refractivity contribution in [3.63, 3.8) is 0 Å². The molecule has 0 saturated carbocycles. The zero-order valence-electron chi connectivity index (χ0n) is 24.6. The number of benzene rings is 3. The van der Waals surface area contributed by atoms with Gasteiger partial charge < -0.3 is 15.2 Å². The van der Waals surface area contributed by atoms with E-state index in [1.807, 2.05) is 0 Å². The summed E-state index contributed by atoms with van der Waals surface area (Å²) < 4.78 is 63.0. The second kappa shape index (κ2) is 12.8. The summed E-state index contributed by atoms with van der Waals surface area (Å²) >= 11 is 6.66. The number of carbonyl (C=O) groups is 1. The van der Waals surface area contributed by atoms with E-state index in [0.29, 0.717) is 17.4 Å². The van der Waals surface area contributed by atoms with Crippen molar-refractivity contribution in [3.05, 3.63) is 111 Å². The van der Waals surface area contributed by atoms with Crippen LogP contribution in [0, 0.1) is 11.6 Å². The van der Waals surface area contributed by atoms with Crippen molar-refractivity contribution in [1.29, 1.82) is 0 Å². The number of methoxy groups -OCH3 is 1. The molecule has 5 rings (SSSR count). The van der Waals surface area contributed by atoms with E-state index in [0.717, 1.165) is 33.3 Å². The minimum absolute atomic E-state index is 0.0170. The number of carboxylic acid groups (broad SMARTS) is 1. The molecule has 0 fully saturated rings. The third kappa shape index (κ3) is 6.65. The Morgan fingerprint density at radius 2 is 1.76 bits per heavy atom. The number of aromatic nitrogens is 4. The van der Waals surface area contributed by atoms with Gasteiger partial charge in [0.15, 0.2) is 5.82 Å². The molecule has 1 atom stereocenters. The highest BCUT2D eigenvalue weighted by molar-refractivity contribution is 7.92. The van der Waals surface area contributed by atoms with Gasteiger partial charge in [0, 0.05) is 31.8 Å². The number of anilines is 1. The predicted molar refractivity (Wildman–Crippen MR) is 167 cm³/mol. The first-order valence-electron chi connectivity index (χ1n) is 13.6. The quantitative estimate of drug-likeness (QED) is 0.219. The average Bonchev–Trinajstić information content (AvgIpc) is 3.32. The van der Waals surface area contributed by atoms with Crippen LogP contribution >= 0.6 is 11.6 Å². The summed E-state index contributed by atoms with van der Waals surface area (Å²) in [4.78, 5) is 29.6. The van der Waals surface area contributed by atoms with Crippen LogP contribution in [0.4, 0.5) is 19.4 Å². The maximum atomic E-state index is 14.0. The number of sulfonamides is 1. The number of halogens is 3. The second-order valence-corrected chi connectivity index (χ2v) is 12.6. The number of aryl methyl sites for hydroxylation is 1. The largest absolute Gasteiger partial charge is 0.497 e. The number of nitrogens with one attached hydrogen (secondary N) is 1. The van der Waals surface area contributed by atoms with Crippen LogP contribution in [-0.4, -0.2) is 52.3 Å². The van der Waals surface area contributed by atoms with Gasteiger partial charge in [-0.2, -0.15) is 5.10 Å². The zero-order chi connectivity index (χ0) is 33.3. The molecule has 0 aliphatic carbocycles. The lowest BCUT2D eigenvalue weighted by atomic mass is 10.0. The fourth-order valence-corrected chi connectivity index (χ4v) is 6.23. The number of nitrogens with zero attached hydrogens (tertiary/aromatic N) is 5. The van der Waals surface area contributed by atoms with E-state index in [-0.39, 0.29) is 51.8 Å². The molecule has 2 aromatic heterocycles. The van der Waals surface area contributed by atoms with Crippen LogP contribution in [0.3, 0.4) is 0 Å². The summed E-state index contributed by atoms with van der Waals surface area (Å²) in [6, 6.07) is 12.4. The zero-order valence-corrected chi connectivity index (χ0v) is 26.2. The van der Waals surface area contributed by atoms with Gasteiger partial charge in [0.1, 0.15) is 23.2 Å². The molecule has 12 nitrogen and oxygen atoms in total. The Hall–Kier alpha value is -5.02. The van der Waals surface area contributed by atoms with E-state index >= 15 is 0 Å². The third-order valence-electron chi connectivity index (χ3n) is 7.11. The van der Waals surface area contributed by atoms with Crippen LogP contribution in [0.2, 0.25) is 5.02 Å². The highest BCUT2D eigenvalue weighted by Crippen LogP contribution is 2.38. The lowest BCUT2D eigenvalue weighted by molar-refractivity contribution is 0.189. The molecule has 5 aromatic rings. The number of hydrogen-bond donors (Lipinski definition) is 2. The maximum absolute atomic E-state index is 14.0. The van der Waals surface area contributed by atoms with Gasteiger partial charge in [-0.15, -0.1) is 0 Å². The Morgan fingerprint density at radius 1 is 1.09 bits per heavy atom. The standard InChI is InChI=1S/C30H27ClF2N6O6S/c1-37-27-24(39-25(40)10-11-34-28(39)23(35-30(41)42)14-18-12-19(32)15-20(33)13-18)9-8-22(31)26(27)29(36-37)38(46(3,43)44)16-17-4-6-21(45-2)7-5-17/h4-13,15,23,35H,14,16H2,1-3H3,(H,41,42). The van der Waals surface area contributed by atoms with Crippen molar-refractivity contribution < 1.29 is 31.8 Å². The molecule has 1 unspecified atom stereocenters. The Morgan fingerprint density at radius 3 is 2.37 bits per heavy atom. The Labute approximate surface area is 266 Å². The van der Waals surface area contributed by atoms with E-state index in [1.54, 1.807) is 24.3 Å². The molecule has 0 radical (unpaired) electrons. The van der Waals surface area contributed by atoms with Crippen molar-refractivity contribution in [2.45, 2.75) is 19.0 Å². The van der Waals surface area contributed by atoms with Gasteiger partial charge in [-0.25, -0.2) is 31.3 Å². The fraction of sp³-hybridized carbons (Fsp3) is 0.200. The normalized spacial score (nSPS) is 12.2. The number of amides is 1. The molecule has 1 amide bonds. The molecule has 46 heavy (non-hydrogen) atoms. The molecular weight excluding hydrogens is 646 g/mol. The van der Waals surface area contributed by atoms with Crippen LogP contribution in [0.15, 0.2) is 71.7 Å². The first-order chi connectivity index (χ1) is 21.8. The van der Waals surface area contributed by atoms with E-state index < -0.39 is 39.4 Å². The number of ether oxygens (including phenoxy) is 1. The lowest BCUT2D eigenvalue weighted by Gasteiger charge is -2.22. The summed E-state index contributed by atoms with van der Waals surface area (Å²) in [7, 11) is -0.897. The molecule has 3 aromatic carbocycles. The summed E-state index contributed by atoms with van der Waals surface area (Å²) in [5, 5.41) is 16.7. The fourth-order valence-electron chi connectivity index (χ4n) is 5.17. The molecule has 0 aliphatic rings. The van der Waals surface area contributed by atoms with Gasteiger partial charge in [-0.1, -0.05) is 23.7 Å². The summed E-state index contributed by atoms with van der Waals surface area (Å²) in [5.74, 6) is -1.27. The first kappa shape index (κ1) is 32.4. The van der Waals surface area contributed by atoms with Crippen molar-refractivity contribution >= 4 is 44.4 Å². The molecular formula is C30H27ClF2N6O6S. The molecule has 0 bridgehead atoms. The van der Waals surface area contributed by atoms with Crippen LogP contribution in [-0.2, 0) is 30.0 Å². The number of rotatable bonds is 10. The molecule has 0 spiro atoms. The van der Waals surface area contributed by atoms with Crippen molar-refractivity contribution in [1.82, 2.24) is 24.6 Å². The number of hydrogen-bond acceptors (Lipinski definition) is 7. The van der Waals surface area contributed by atoms with Gasteiger partial charge >= 0.3 is 6.09 Å². The molecule has 16 heteroatoms. The SMILES string of the molecule is COc1ccc(CN(c2nn(C)c3c(-n4c(C(Cc5cc(F)cc(F)c5)NC(=O)O)nccc4=O)ccc(Cl)c23)S(C)(=O)=O)cc1. The summed E-state index contributed by atoms with van der Waals surface area (Å²) in [6.07, 6.45) is 0.460. The summed E-state index contributed by atoms with van der Waals surface area (Å²) in [5.41, 5.74) is 0.478. The van der Waals surface area contributed by atoms with Crippen LogP contribution in [0.1, 0.15) is 23.0 Å². The molecule has 0 saturated heterocycles. The van der Waals surface area contributed by atoms with E-state index in [1.165, 1.54) is 37.2 Å². The van der Waals surface area contributed by atoms with Gasteiger partial charge in [-0.3, -0.25) is 14.0 Å². The highest BCUT2D eigenvalue weighted by Gasteiger charge is 2.29. The van der Waals surface area contributed by atoms with Gasteiger partial charge in [0.05, 0.1) is 47.6 Å². The molecule has 240 valence electrons. The Balaban J connectivity index is 1.70. The minimum atomic E-state index is -3.94. The number of fused-ring (bicyclic) bond motifs is 1. The van der Waals surface area contributed by atoms with E-state index in [4.69, 9.17) is 16.3 Å². The van der Waals surface area contributed by atoms with Gasteiger partial charge in [0.25, 0.3) is 5.56 Å². The predicted octanol–water partition coefficient (Wildman–Crippen LogP) is 4.58. The van der Waals surface area contributed by atoms with Gasteiger partial charge in [-0.05, 0) is 47.5 Å². The van der Waals surface area contributed by atoms with Crippen molar-refractivity contribution in [2.75, 3.05) is 17.7 Å². The molecule has 2 heterocycles. The maximum Gasteiger partial charge on any atom is 0.405 e. The highest BCUT2D eigenvalue weighted by atomic mass is 35.5. The second-order valence-electron chi connectivity index (χ2n) is 10.3. The van der Waals surface area contributed by atoms with Crippen molar-refractivity contribution in [3.8, 4) is 11.4 Å². The van der Waals surface area contributed by atoms with Gasteiger partial charge in [0.2, 0.25) is 10.0 Å². The summed E-state index contributed by atoms with van der Waals surface area (Å²) in [6.45, 7) is -0.109. The Bertz CT molecular complexity index is 2100. The third-order valence-corrected chi connectivity index (χ3v) is 8.52.